The smallest absolute Gasteiger partial charge is 0.160 e. The lowest BCUT2D eigenvalue weighted by atomic mass is 10.1. The number of hydrogen-bond acceptors (Lipinski definition) is 5. The minimum Gasteiger partial charge on any atom is -0.352 e. The molecule has 6 nitrogen and oxygen atoms in total. The fourth-order valence-corrected chi connectivity index (χ4v) is 3.36. The van der Waals surface area contributed by atoms with E-state index in [2.05, 4.69) is 61.2 Å². The van der Waals surface area contributed by atoms with Gasteiger partial charge in [-0.1, -0.05) is 29.8 Å². The van der Waals surface area contributed by atoms with Gasteiger partial charge >= 0.3 is 0 Å². The number of hydrogen-bond donors (Lipinski definition) is 1. The van der Waals surface area contributed by atoms with Gasteiger partial charge in [0, 0.05) is 32.7 Å². The van der Waals surface area contributed by atoms with Gasteiger partial charge in [-0.15, -0.1) is 0 Å². The number of rotatable bonds is 3. The van der Waals surface area contributed by atoms with Crippen LogP contribution in [-0.2, 0) is 6.54 Å². The van der Waals surface area contributed by atoms with Gasteiger partial charge in [-0.25, -0.2) is 9.97 Å². The van der Waals surface area contributed by atoms with Gasteiger partial charge in [0.15, 0.2) is 11.3 Å². The number of piperazine rings is 1. The Balaban J connectivity index is 1.46. The van der Waals surface area contributed by atoms with Gasteiger partial charge in [0.25, 0.3) is 0 Å². The molecule has 0 spiro atoms. The Hall–Kier alpha value is -2.47. The topological polar surface area (TPSA) is 60.9 Å². The molecule has 6 heteroatoms. The van der Waals surface area contributed by atoms with Crippen molar-refractivity contribution in [2.45, 2.75) is 20.4 Å². The highest BCUT2D eigenvalue weighted by Crippen LogP contribution is 2.23. The molecule has 1 aromatic carbocycles. The summed E-state index contributed by atoms with van der Waals surface area (Å²) in [5.41, 5.74) is 5.50. The van der Waals surface area contributed by atoms with Crippen molar-refractivity contribution in [1.29, 1.82) is 0 Å². The van der Waals surface area contributed by atoms with Crippen LogP contribution in [0.5, 0.6) is 0 Å². The summed E-state index contributed by atoms with van der Waals surface area (Å²) in [5, 5.41) is 7.40. The molecule has 2 aromatic heterocycles. The van der Waals surface area contributed by atoms with Crippen LogP contribution in [0.3, 0.4) is 0 Å². The van der Waals surface area contributed by atoms with Crippen molar-refractivity contribution >= 4 is 16.9 Å². The lowest BCUT2D eigenvalue weighted by molar-refractivity contribution is 0.249. The van der Waals surface area contributed by atoms with Gasteiger partial charge in [0.2, 0.25) is 0 Å². The van der Waals surface area contributed by atoms with Crippen LogP contribution < -0.4 is 4.90 Å². The Morgan fingerprint density at radius 2 is 1.88 bits per heavy atom. The van der Waals surface area contributed by atoms with Crippen LogP contribution in [0.15, 0.2) is 30.6 Å². The average molecular weight is 322 g/mol. The van der Waals surface area contributed by atoms with E-state index in [1.165, 1.54) is 11.1 Å². The molecule has 1 aliphatic rings. The van der Waals surface area contributed by atoms with E-state index in [0.717, 1.165) is 55.3 Å². The highest BCUT2D eigenvalue weighted by Gasteiger charge is 2.21. The van der Waals surface area contributed by atoms with Crippen molar-refractivity contribution in [2.75, 3.05) is 31.1 Å². The minimum atomic E-state index is 0.877. The van der Waals surface area contributed by atoms with Crippen molar-refractivity contribution in [1.82, 2.24) is 25.1 Å². The maximum absolute atomic E-state index is 4.48. The van der Waals surface area contributed by atoms with Gasteiger partial charge in [-0.2, -0.15) is 5.10 Å². The molecule has 0 saturated carbocycles. The van der Waals surface area contributed by atoms with Crippen LogP contribution in [0.4, 0.5) is 5.82 Å². The predicted octanol–water partition coefficient (Wildman–Crippen LogP) is 2.29. The van der Waals surface area contributed by atoms with Crippen LogP contribution in [0.1, 0.15) is 16.8 Å². The largest absolute Gasteiger partial charge is 0.352 e. The van der Waals surface area contributed by atoms with Gasteiger partial charge in [0.05, 0.1) is 5.69 Å². The molecule has 3 heterocycles. The number of nitrogens with zero attached hydrogens (tertiary/aromatic N) is 5. The third-order valence-electron chi connectivity index (χ3n) is 4.65. The quantitative estimate of drug-likeness (QED) is 0.802. The monoisotopic (exact) mass is 322 g/mol. The molecular weight excluding hydrogens is 300 g/mol. The summed E-state index contributed by atoms with van der Waals surface area (Å²) in [5.74, 6) is 0.944. The second-order valence-electron chi connectivity index (χ2n) is 6.50. The summed E-state index contributed by atoms with van der Waals surface area (Å²) < 4.78 is 0. The van der Waals surface area contributed by atoms with E-state index in [1.807, 2.05) is 6.92 Å². The van der Waals surface area contributed by atoms with Crippen molar-refractivity contribution in [3.05, 3.63) is 47.4 Å². The summed E-state index contributed by atoms with van der Waals surface area (Å²) in [6, 6.07) is 8.76. The fourth-order valence-electron chi connectivity index (χ4n) is 3.36. The fraction of sp³-hybridized carbons (Fsp3) is 0.389. The first-order valence-corrected chi connectivity index (χ1v) is 8.39. The number of aromatic amines is 1. The summed E-state index contributed by atoms with van der Waals surface area (Å²) in [7, 11) is 0. The molecule has 1 aliphatic heterocycles. The van der Waals surface area contributed by atoms with E-state index < -0.39 is 0 Å². The summed E-state index contributed by atoms with van der Waals surface area (Å²) in [6.45, 7) is 9.13. The van der Waals surface area contributed by atoms with Crippen molar-refractivity contribution in [2.24, 2.45) is 0 Å². The highest BCUT2D eigenvalue weighted by atomic mass is 15.3. The lowest BCUT2D eigenvalue weighted by Crippen LogP contribution is -2.46. The molecule has 0 radical (unpaired) electrons. The molecule has 1 fully saturated rings. The SMILES string of the molecule is Cc1cccc(CN2CCN(c3ncnc4c(C)[nH]nc34)CC2)c1. The zero-order chi connectivity index (χ0) is 16.5. The van der Waals surface area contributed by atoms with Gasteiger partial charge in [0.1, 0.15) is 11.8 Å². The van der Waals surface area contributed by atoms with E-state index in [4.69, 9.17) is 0 Å². The molecule has 124 valence electrons. The molecule has 0 bridgehead atoms. The zero-order valence-electron chi connectivity index (χ0n) is 14.2. The number of aromatic nitrogens is 4. The molecule has 0 amide bonds. The molecule has 4 rings (SSSR count). The normalized spacial score (nSPS) is 16.0. The second-order valence-corrected chi connectivity index (χ2v) is 6.50. The summed E-state index contributed by atoms with van der Waals surface area (Å²) >= 11 is 0. The molecule has 24 heavy (non-hydrogen) atoms. The standard InChI is InChI=1S/C18H22N6/c1-13-4-3-5-15(10-13)11-23-6-8-24(9-7-23)18-17-16(19-12-20-18)14(2)21-22-17/h3-5,10,12H,6-9,11H2,1-2H3,(H,21,22). The number of aryl methyl sites for hydroxylation is 2. The van der Waals surface area contributed by atoms with E-state index in [9.17, 15) is 0 Å². The van der Waals surface area contributed by atoms with Crippen LogP contribution in [0.2, 0.25) is 0 Å². The third kappa shape index (κ3) is 2.85. The molecule has 0 unspecified atom stereocenters. The summed E-state index contributed by atoms with van der Waals surface area (Å²) in [6.07, 6.45) is 1.64. The Morgan fingerprint density at radius 3 is 2.67 bits per heavy atom. The number of nitrogens with one attached hydrogen (secondary N) is 1. The zero-order valence-corrected chi connectivity index (χ0v) is 14.2. The van der Waals surface area contributed by atoms with Crippen molar-refractivity contribution in [3.63, 3.8) is 0 Å². The molecule has 3 aromatic rings. The maximum atomic E-state index is 4.48. The van der Waals surface area contributed by atoms with Gasteiger partial charge in [-0.05, 0) is 19.4 Å². The molecular formula is C18H22N6. The Bertz CT molecular complexity index is 848. The number of H-pyrrole nitrogens is 1. The Morgan fingerprint density at radius 1 is 1.04 bits per heavy atom. The molecule has 1 N–H and O–H groups in total. The molecule has 0 aliphatic carbocycles. The average Bonchev–Trinajstić information content (AvgIpc) is 2.97. The minimum absolute atomic E-state index is 0.877. The van der Waals surface area contributed by atoms with E-state index in [1.54, 1.807) is 6.33 Å². The first-order chi connectivity index (χ1) is 11.7. The Labute approximate surface area is 141 Å². The van der Waals surface area contributed by atoms with Gasteiger partial charge < -0.3 is 4.90 Å². The molecule has 1 saturated heterocycles. The third-order valence-corrected chi connectivity index (χ3v) is 4.65. The van der Waals surface area contributed by atoms with Gasteiger partial charge in [-0.3, -0.25) is 10.00 Å². The number of anilines is 1. The van der Waals surface area contributed by atoms with Crippen LogP contribution in [0.25, 0.3) is 11.0 Å². The van der Waals surface area contributed by atoms with Crippen molar-refractivity contribution < 1.29 is 0 Å². The van der Waals surface area contributed by atoms with E-state index in [-0.39, 0.29) is 0 Å². The summed E-state index contributed by atoms with van der Waals surface area (Å²) in [4.78, 5) is 13.6. The lowest BCUT2D eigenvalue weighted by Gasteiger charge is -2.35. The first kappa shape index (κ1) is 15.1. The van der Waals surface area contributed by atoms with E-state index >= 15 is 0 Å². The Kier molecular flexibility index (Phi) is 3.90. The molecule has 0 atom stereocenters. The second kappa shape index (κ2) is 6.20. The first-order valence-electron chi connectivity index (χ1n) is 8.39. The predicted molar refractivity (Wildman–Crippen MR) is 95.1 cm³/mol. The van der Waals surface area contributed by atoms with E-state index in [0.29, 0.717) is 0 Å². The number of benzene rings is 1. The highest BCUT2D eigenvalue weighted by molar-refractivity contribution is 5.86. The van der Waals surface area contributed by atoms with Crippen LogP contribution >= 0.6 is 0 Å². The van der Waals surface area contributed by atoms with Crippen molar-refractivity contribution in [3.8, 4) is 0 Å². The van der Waals surface area contributed by atoms with Crippen LogP contribution in [0, 0.1) is 13.8 Å². The maximum Gasteiger partial charge on any atom is 0.160 e. The van der Waals surface area contributed by atoms with Crippen LogP contribution in [-0.4, -0.2) is 51.2 Å². The number of fused-ring (bicyclic) bond motifs is 1.